The predicted molar refractivity (Wildman–Crippen MR) is 77.0 cm³/mol. The number of rotatable bonds is 6. The molecule has 112 valence electrons. The standard InChI is InChI=1S/C13H20N2O4S/c1-4-11(8-16)15-20(18,19)13-7-12(14-10(3)17)6-5-9(13)2/h5-7,11,15-16H,4,8H2,1-3H3,(H,14,17)/t11-/m1/s1. The Morgan fingerprint density at radius 3 is 2.55 bits per heavy atom. The molecule has 1 rings (SSSR count). The highest BCUT2D eigenvalue weighted by molar-refractivity contribution is 7.89. The number of hydrogen-bond donors (Lipinski definition) is 3. The van der Waals surface area contributed by atoms with Crippen LogP contribution in [0.3, 0.4) is 0 Å². The molecule has 0 saturated heterocycles. The quantitative estimate of drug-likeness (QED) is 0.730. The highest BCUT2D eigenvalue weighted by Gasteiger charge is 2.21. The second kappa shape index (κ2) is 6.83. The number of benzene rings is 1. The van der Waals surface area contributed by atoms with Gasteiger partial charge in [-0.15, -0.1) is 0 Å². The highest BCUT2D eigenvalue weighted by atomic mass is 32.2. The molecule has 0 bridgehead atoms. The van der Waals surface area contributed by atoms with E-state index in [-0.39, 0.29) is 17.4 Å². The summed E-state index contributed by atoms with van der Waals surface area (Å²) < 4.78 is 27.0. The molecule has 0 fully saturated rings. The maximum atomic E-state index is 12.3. The molecule has 20 heavy (non-hydrogen) atoms. The number of sulfonamides is 1. The first-order valence-electron chi connectivity index (χ1n) is 6.31. The average molecular weight is 300 g/mol. The molecule has 0 aromatic heterocycles. The van der Waals surface area contributed by atoms with Gasteiger partial charge in [-0.1, -0.05) is 13.0 Å². The van der Waals surface area contributed by atoms with E-state index < -0.39 is 16.1 Å². The number of carbonyl (C=O) groups is 1. The van der Waals surface area contributed by atoms with Crippen LogP contribution in [-0.2, 0) is 14.8 Å². The third-order valence-corrected chi connectivity index (χ3v) is 4.50. The maximum Gasteiger partial charge on any atom is 0.241 e. The number of nitrogens with one attached hydrogen (secondary N) is 2. The van der Waals surface area contributed by atoms with Gasteiger partial charge in [0.15, 0.2) is 0 Å². The molecule has 0 saturated carbocycles. The van der Waals surface area contributed by atoms with Gasteiger partial charge in [0.2, 0.25) is 15.9 Å². The Bertz CT molecular complexity index is 580. The van der Waals surface area contributed by atoms with Crippen LogP contribution in [0.5, 0.6) is 0 Å². The van der Waals surface area contributed by atoms with Crippen LogP contribution in [0.2, 0.25) is 0 Å². The zero-order chi connectivity index (χ0) is 15.3. The number of amides is 1. The molecule has 0 radical (unpaired) electrons. The lowest BCUT2D eigenvalue weighted by atomic mass is 10.2. The fraction of sp³-hybridized carbons (Fsp3) is 0.462. The van der Waals surface area contributed by atoms with Crippen LogP contribution in [0.25, 0.3) is 0 Å². The summed E-state index contributed by atoms with van der Waals surface area (Å²) in [4.78, 5) is 11.1. The number of aliphatic hydroxyl groups excluding tert-OH is 1. The summed E-state index contributed by atoms with van der Waals surface area (Å²) in [7, 11) is -3.73. The Morgan fingerprint density at radius 1 is 1.40 bits per heavy atom. The van der Waals surface area contributed by atoms with E-state index in [1.54, 1.807) is 26.0 Å². The largest absolute Gasteiger partial charge is 0.395 e. The summed E-state index contributed by atoms with van der Waals surface area (Å²) in [5, 5.41) is 11.6. The van der Waals surface area contributed by atoms with Gasteiger partial charge in [0, 0.05) is 18.7 Å². The minimum Gasteiger partial charge on any atom is -0.395 e. The minimum absolute atomic E-state index is 0.0932. The Labute approximate surface area is 119 Å². The summed E-state index contributed by atoms with van der Waals surface area (Å²) in [6.07, 6.45) is 0.486. The van der Waals surface area contributed by atoms with Gasteiger partial charge in [-0.2, -0.15) is 0 Å². The van der Waals surface area contributed by atoms with Gasteiger partial charge in [0.1, 0.15) is 0 Å². The van der Waals surface area contributed by atoms with Gasteiger partial charge in [-0.3, -0.25) is 4.79 Å². The van der Waals surface area contributed by atoms with E-state index in [0.29, 0.717) is 17.7 Å². The van der Waals surface area contributed by atoms with E-state index in [1.807, 2.05) is 0 Å². The summed E-state index contributed by atoms with van der Waals surface area (Å²) >= 11 is 0. The van der Waals surface area contributed by atoms with Crippen molar-refractivity contribution >= 4 is 21.6 Å². The Hall–Kier alpha value is -1.44. The zero-order valence-electron chi connectivity index (χ0n) is 11.8. The van der Waals surface area contributed by atoms with Crippen LogP contribution in [0.1, 0.15) is 25.8 Å². The Balaban J connectivity index is 3.13. The molecule has 0 aliphatic rings. The van der Waals surface area contributed by atoms with Gasteiger partial charge < -0.3 is 10.4 Å². The molecular weight excluding hydrogens is 280 g/mol. The topological polar surface area (TPSA) is 95.5 Å². The van der Waals surface area contributed by atoms with Crippen molar-refractivity contribution in [1.29, 1.82) is 0 Å². The molecule has 1 aromatic rings. The van der Waals surface area contributed by atoms with E-state index in [1.165, 1.54) is 13.0 Å². The third-order valence-electron chi connectivity index (χ3n) is 2.83. The number of anilines is 1. The second-order valence-electron chi connectivity index (χ2n) is 4.57. The molecule has 7 heteroatoms. The summed E-state index contributed by atoms with van der Waals surface area (Å²) in [6, 6.07) is 4.14. The molecule has 1 amide bonds. The van der Waals surface area contributed by atoms with Crippen molar-refractivity contribution in [3.8, 4) is 0 Å². The van der Waals surface area contributed by atoms with Crippen LogP contribution in [0.15, 0.2) is 23.1 Å². The zero-order valence-corrected chi connectivity index (χ0v) is 12.6. The molecule has 3 N–H and O–H groups in total. The first kappa shape index (κ1) is 16.6. The number of carbonyl (C=O) groups excluding carboxylic acids is 1. The molecular formula is C13H20N2O4S. The first-order valence-corrected chi connectivity index (χ1v) is 7.80. The van der Waals surface area contributed by atoms with Crippen molar-refractivity contribution < 1.29 is 18.3 Å². The lowest BCUT2D eigenvalue weighted by molar-refractivity contribution is -0.114. The number of aliphatic hydroxyl groups is 1. The van der Waals surface area contributed by atoms with Gasteiger partial charge in [0.25, 0.3) is 0 Å². The molecule has 1 aromatic carbocycles. The number of hydrogen-bond acceptors (Lipinski definition) is 4. The van der Waals surface area contributed by atoms with Crippen LogP contribution in [0, 0.1) is 6.92 Å². The van der Waals surface area contributed by atoms with E-state index in [4.69, 9.17) is 5.11 Å². The second-order valence-corrected chi connectivity index (χ2v) is 6.25. The van der Waals surface area contributed by atoms with E-state index in [2.05, 4.69) is 10.0 Å². The monoisotopic (exact) mass is 300 g/mol. The molecule has 0 aliphatic carbocycles. The Morgan fingerprint density at radius 2 is 2.05 bits per heavy atom. The fourth-order valence-electron chi connectivity index (χ4n) is 1.70. The summed E-state index contributed by atoms with van der Waals surface area (Å²) in [5.74, 6) is -0.271. The Kier molecular flexibility index (Phi) is 5.67. The molecule has 0 aliphatic heterocycles. The van der Waals surface area contributed by atoms with Crippen LogP contribution in [0.4, 0.5) is 5.69 Å². The van der Waals surface area contributed by atoms with Crippen molar-refractivity contribution in [2.75, 3.05) is 11.9 Å². The highest BCUT2D eigenvalue weighted by Crippen LogP contribution is 2.20. The molecule has 0 spiro atoms. The van der Waals surface area contributed by atoms with Crippen molar-refractivity contribution in [3.05, 3.63) is 23.8 Å². The van der Waals surface area contributed by atoms with Gasteiger partial charge in [-0.05, 0) is 31.0 Å². The number of aryl methyl sites for hydroxylation is 1. The van der Waals surface area contributed by atoms with E-state index >= 15 is 0 Å². The smallest absolute Gasteiger partial charge is 0.241 e. The molecule has 0 unspecified atom stereocenters. The lowest BCUT2D eigenvalue weighted by Crippen LogP contribution is -2.37. The summed E-state index contributed by atoms with van der Waals surface area (Å²) in [5.41, 5.74) is 0.986. The van der Waals surface area contributed by atoms with E-state index in [9.17, 15) is 13.2 Å². The van der Waals surface area contributed by atoms with Gasteiger partial charge in [0.05, 0.1) is 11.5 Å². The summed E-state index contributed by atoms with van der Waals surface area (Å²) in [6.45, 7) is 4.54. The van der Waals surface area contributed by atoms with Gasteiger partial charge in [-0.25, -0.2) is 13.1 Å². The normalized spacial score (nSPS) is 13.0. The van der Waals surface area contributed by atoms with Crippen LogP contribution in [-0.4, -0.2) is 32.1 Å². The average Bonchev–Trinajstić information content (AvgIpc) is 2.37. The van der Waals surface area contributed by atoms with Crippen LogP contribution < -0.4 is 10.0 Å². The van der Waals surface area contributed by atoms with Crippen molar-refractivity contribution in [1.82, 2.24) is 4.72 Å². The molecule has 0 heterocycles. The third kappa shape index (κ3) is 4.29. The van der Waals surface area contributed by atoms with Crippen molar-refractivity contribution in [3.63, 3.8) is 0 Å². The van der Waals surface area contributed by atoms with E-state index in [0.717, 1.165) is 0 Å². The predicted octanol–water partition coefficient (Wildman–Crippen LogP) is 1.00. The fourth-order valence-corrected chi connectivity index (χ4v) is 3.28. The first-order chi connectivity index (χ1) is 9.30. The molecule has 6 nitrogen and oxygen atoms in total. The lowest BCUT2D eigenvalue weighted by Gasteiger charge is -2.16. The van der Waals surface area contributed by atoms with Crippen molar-refractivity contribution in [2.45, 2.75) is 38.1 Å². The SMILES string of the molecule is CC[C@H](CO)NS(=O)(=O)c1cc(NC(C)=O)ccc1C. The molecule has 1 atom stereocenters. The maximum absolute atomic E-state index is 12.3. The van der Waals surface area contributed by atoms with Crippen molar-refractivity contribution in [2.24, 2.45) is 0 Å². The minimum atomic E-state index is -3.73. The van der Waals surface area contributed by atoms with Gasteiger partial charge >= 0.3 is 0 Å². The van der Waals surface area contributed by atoms with Crippen LogP contribution >= 0.6 is 0 Å².